The van der Waals surface area contributed by atoms with Crippen LogP contribution in [0.1, 0.15) is 12.5 Å². The van der Waals surface area contributed by atoms with E-state index in [2.05, 4.69) is 9.97 Å². The zero-order chi connectivity index (χ0) is 15.4. The third-order valence-corrected chi connectivity index (χ3v) is 2.80. The predicted octanol–water partition coefficient (Wildman–Crippen LogP) is 1.59. The summed E-state index contributed by atoms with van der Waals surface area (Å²) in [6, 6.07) is 7.21. The standard InChI is InChI=1S/C14H15N5O2/c1-3-21-10-5-4-8(6-11(10)20-2)12-9(7-15)13(16)19-14(17)18-12/h4-6H,3H2,1-2H3,(H4,16,17,18,19). The van der Waals surface area contributed by atoms with Gasteiger partial charge in [0.05, 0.1) is 19.4 Å². The van der Waals surface area contributed by atoms with Gasteiger partial charge in [0.15, 0.2) is 11.5 Å². The van der Waals surface area contributed by atoms with Crippen molar-refractivity contribution in [2.24, 2.45) is 0 Å². The molecule has 0 fully saturated rings. The van der Waals surface area contributed by atoms with Crippen LogP contribution < -0.4 is 20.9 Å². The Hall–Kier alpha value is -3.01. The fourth-order valence-electron chi connectivity index (χ4n) is 1.90. The molecule has 0 saturated carbocycles. The molecule has 0 bridgehead atoms. The summed E-state index contributed by atoms with van der Waals surface area (Å²) in [5, 5.41) is 9.21. The maximum Gasteiger partial charge on any atom is 0.222 e. The van der Waals surface area contributed by atoms with Crippen molar-refractivity contribution in [1.82, 2.24) is 9.97 Å². The quantitative estimate of drug-likeness (QED) is 0.874. The van der Waals surface area contributed by atoms with Crippen LogP contribution in [0.4, 0.5) is 11.8 Å². The largest absolute Gasteiger partial charge is 0.493 e. The van der Waals surface area contributed by atoms with Crippen LogP contribution >= 0.6 is 0 Å². The van der Waals surface area contributed by atoms with Crippen molar-refractivity contribution in [2.45, 2.75) is 6.92 Å². The number of rotatable bonds is 4. The summed E-state index contributed by atoms with van der Waals surface area (Å²) in [7, 11) is 1.54. The SMILES string of the molecule is CCOc1ccc(-c2nc(N)nc(N)c2C#N)cc1OC. The molecule has 0 spiro atoms. The summed E-state index contributed by atoms with van der Waals surface area (Å²) in [4.78, 5) is 7.88. The average Bonchev–Trinajstić information content (AvgIpc) is 2.47. The fraction of sp³-hybridized carbons (Fsp3) is 0.214. The summed E-state index contributed by atoms with van der Waals surface area (Å²) in [6.45, 7) is 2.40. The summed E-state index contributed by atoms with van der Waals surface area (Å²) >= 11 is 0. The van der Waals surface area contributed by atoms with Gasteiger partial charge in [0.25, 0.3) is 0 Å². The smallest absolute Gasteiger partial charge is 0.222 e. The third-order valence-electron chi connectivity index (χ3n) is 2.80. The van der Waals surface area contributed by atoms with Gasteiger partial charge in [0, 0.05) is 5.56 Å². The summed E-state index contributed by atoms with van der Waals surface area (Å²) < 4.78 is 10.7. The minimum atomic E-state index is 0.00866. The molecular weight excluding hydrogens is 270 g/mol. The molecule has 0 aliphatic rings. The van der Waals surface area contributed by atoms with Crippen LogP contribution in [0.2, 0.25) is 0 Å². The van der Waals surface area contributed by atoms with E-state index in [0.717, 1.165) is 0 Å². The Bertz CT molecular complexity index is 709. The monoisotopic (exact) mass is 285 g/mol. The van der Waals surface area contributed by atoms with Crippen LogP contribution in [0.15, 0.2) is 18.2 Å². The number of benzene rings is 1. The molecule has 0 radical (unpaired) electrons. The highest BCUT2D eigenvalue weighted by molar-refractivity contribution is 5.74. The van der Waals surface area contributed by atoms with Gasteiger partial charge in [-0.25, -0.2) is 4.98 Å². The van der Waals surface area contributed by atoms with Crippen molar-refractivity contribution in [2.75, 3.05) is 25.2 Å². The van der Waals surface area contributed by atoms with Gasteiger partial charge in [-0.3, -0.25) is 0 Å². The molecule has 1 aromatic heterocycles. The van der Waals surface area contributed by atoms with E-state index < -0.39 is 0 Å². The molecular formula is C14H15N5O2. The lowest BCUT2D eigenvalue weighted by atomic mass is 10.1. The number of aromatic nitrogens is 2. The average molecular weight is 285 g/mol. The van der Waals surface area contributed by atoms with E-state index in [1.165, 1.54) is 7.11 Å². The number of nitrogen functional groups attached to an aromatic ring is 2. The molecule has 7 nitrogen and oxygen atoms in total. The Balaban J connectivity index is 2.60. The second-order valence-electron chi connectivity index (χ2n) is 4.10. The minimum absolute atomic E-state index is 0.00866. The second-order valence-corrected chi connectivity index (χ2v) is 4.10. The summed E-state index contributed by atoms with van der Waals surface area (Å²) in [6.07, 6.45) is 0. The number of hydrogen-bond donors (Lipinski definition) is 2. The third kappa shape index (κ3) is 2.79. The number of nitriles is 1. The topological polar surface area (TPSA) is 120 Å². The van der Waals surface area contributed by atoms with Crippen LogP contribution in [-0.4, -0.2) is 23.7 Å². The Labute approximate surface area is 122 Å². The molecule has 2 rings (SSSR count). The highest BCUT2D eigenvalue weighted by Crippen LogP contribution is 2.34. The van der Waals surface area contributed by atoms with Gasteiger partial charge in [-0.05, 0) is 25.1 Å². The fourth-order valence-corrected chi connectivity index (χ4v) is 1.90. The number of ether oxygens (including phenoxy) is 2. The Morgan fingerprint density at radius 2 is 2.00 bits per heavy atom. The maximum absolute atomic E-state index is 9.21. The van der Waals surface area contributed by atoms with Crippen LogP contribution in [0.5, 0.6) is 11.5 Å². The zero-order valence-corrected chi connectivity index (χ0v) is 11.8. The van der Waals surface area contributed by atoms with Crippen LogP contribution in [-0.2, 0) is 0 Å². The van der Waals surface area contributed by atoms with Gasteiger partial charge in [-0.15, -0.1) is 0 Å². The van der Waals surface area contributed by atoms with E-state index in [4.69, 9.17) is 20.9 Å². The summed E-state index contributed by atoms with van der Waals surface area (Å²) in [5.41, 5.74) is 12.5. The van der Waals surface area contributed by atoms with Gasteiger partial charge < -0.3 is 20.9 Å². The highest BCUT2D eigenvalue weighted by atomic mass is 16.5. The van der Waals surface area contributed by atoms with Crippen molar-refractivity contribution in [3.8, 4) is 28.8 Å². The lowest BCUT2D eigenvalue weighted by molar-refractivity contribution is 0.311. The first-order valence-corrected chi connectivity index (χ1v) is 6.25. The van der Waals surface area contributed by atoms with Crippen LogP contribution in [0.3, 0.4) is 0 Å². The normalized spacial score (nSPS) is 9.95. The lowest BCUT2D eigenvalue weighted by Gasteiger charge is -2.12. The number of nitrogens with zero attached hydrogens (tertiary/aromatic N) is 3. The van der Waals surface area contributed by atoms with E-state index in [9.17, 15) is 5.26 Å². The van der Waals surface area contributed by atoms with Gasteiger partial charge in [-0.2, -0.15) is 10.2 Å². The van der Waals surface area contributed by atoms with Gasteiger partial charge in [0.1, 0.15) is 17.5 Å². The first-order chi connectivity index (χ1) is 10.1. The Morgan fingerprint density at radius 3 is 2.62 bits per heavy atom. The van der Waals surface area contributed by atoms with E-state index in [1.807, 2.05) is 13.0 Å². The molecule has 0 aliphatic carbocycles. The molecule has 1 aromatic carbocycles. The molecule has 7 heteroatoms. The molecule has 0 amide bonds. The Morgan fingerprint density at radius 1 is 1.24 bits per heavy atom. The first kappa shape index (κ1) is 14.4. The molecule has 0 saturated heterocycles. The van der Waals surface area contributed by atoms with Crippen molar-refractivity contribution in [1.29, 1.82) is 5.26 Å². The van der Waals surface area contributed by atoms with Gasteiger partial charge in [0.2, 0.25) is 5.95 Å². The van der Waals surface area contributed by atoms with E-state index >= 15 is 0 Å². The maximum atomic E-state index is 9.21. The summed E-state index contributed by atoms with van der Waals surface area (Å²) in [5.74, 6) is 1.20. The number of nitrogens with two attached hydrogens (primary N) is 2. The first-order valence-electron chi connectivity index (χ1n) is 6.25. The van der Waals surface area contributed by atoms with Crippen molar-refractivity contribution < 1.29 is 9.47 Å². The highest BCUT2D eigenvalue weighted by Gasteiger charge is 2.15. The van der Waals surface area contributed by atoms with Crippen LogP contribution in [0, 0.1) is 11.3 Å². The molecule has 4 N–H and O–H groups in total. The number of hydrogen-bond acceptors (Lipinski definition) is 7. The van der Waals surface area contributed by atoms with E-state index in [1.54, 1.807) is 18.2 Å². The van der Waals surface area contributed by atoms with E-state index in [0.29, 0.717) is 29.4 Å². The van der Waals surface area contributed by atoms with Crippen molar-refractivity contribution >= 4 is 11.8 Å². The molecule has 21 heavy (non-hydrogen) atoms. The molecule has 1 heterocycles. The van der Waals surface area contributed by atoms with Gasteiger partial charge >= 0.3 is 0 Å². The lowest BCUT2D eigenvalue weighted by Crippen LogP contribution is -2.05. The molecule has 2 aromatic rings. The van der Waals surface area contributed by atoms with Crippen LogP contribution in [0.25, 0.3) is 11.3 Å². The molecule has 0 unspecified atom stereocenters. The van der Waals surface area contributed by atoms with Crippen molar-refractivity contribution in [3.63, 3.8) is 0 Å². The van der Waals surface area contributed by atoms with Gasteiger partial charge in [-0.1, -0.05) is 0 Å². The second kappa shape index (κ2) is 5.96. The predicted molar refractivity (Wildman–Crippen MR) is 78.7 cm³/mol. The minimum Gasteiger partial charge on any atom is -0.493 e. The molecule has 0 aliphatic heterocycles. The molecule has 108 valence electrons. The molecule has 0 atom stereocenters. The number of methoxy groups -OCH3 is 1. The van der Waals surface area contributed by atoms with E-state index in [-0.39, 0.29) is 17.3 Å². The zero-order valence-electron chi connectivity index (χ0n) is 11.8. The number of anilines is 2. The van der Waals surface area contributed by atoms with Crippen molar-refractivity contribution in [3.05, 3.63) is 23.8 Å². The Kier molecular flexibility index (Phi) is 4.09.